The van der Waals surface area contributed by atoms with Gasteiger partial charge in [0.05, 0.1) is 22.9 Å². The molecule has 88 valence electrons. The lowest BCUT2D eigenvalue weighted by atomic mass is 10.1. The number of nitriles is 1. The highest BCUT2D eigenvalue weighted by Gasteiger charge is 2.06. The molecule has 0 aliphatic carbocycles. The van der Waals surface area contributed by atoms with Crippen LogP contribution in [0.3, 0.4) is 0 Å². The maximum absolute atomic E-state index is 11.3. The molecule has 0 saturated heterocycles. The average molecular weight is 237 g/mol. The van der Waals surface area contributed by atoms with E-state index in [9.17, 15) is 4.79 Å². The fourth-order valence-electron chi connectivity index (χ4n) is 1.59. The van der Waals surface area contributed by atoms with E-state index in [1.165, 1.54) is 0 Å². The lowest BCUT2D eigenvalue weighted by Crippen LogP contribution is -2.13. The minimum atomic E-state index is -0.480. The van der Waals surface area contributed by atoms with E-state index in [4.69, 9.17) is 11.0 Å². The molecule has 1 amide bonds. The maximum atomic E-state index is 11.3. The fourth-order valence-corrected chi connectivity index (χ4v) is 1.59. The number of amides is 1. The summed E-state index contributed by atoms with van der Waals surface area (Å²) in [6.45, 7) is 0. The molecule has 0 atom stereocenters. The van der Waals surface area contributed by atoms with E-state index in [1.54, 1.807) is 42.5 Å². The molecule has 0 heterocycles. The summed E-state index contributed by atoms with van der Waals surface area (Å²) in [5, 5.41) is 11.8. The first-order valence-corrected chi connectivity index (χ1v) is 5.37. The van der Waals surface area contributed by atoms with Crippen molar-refractivity contribution in [2.24, 2.45) is 5.73 Å². The van der Waals surface area contributed by atoms with E-state index in [0.717, 1.165) is 5.69 Å². The fraction of sp³-hybridized carbons (Fsp3) is 0. The first-order chi connectivity index (χ1) is 8.70. The van der Waals surface area contributed by atoms with Gasteiger partial charge in [-0.3, -0.25) is 4.79 Å². The second-order valence-corrected chi connectivity index (χ2v) is 3.72. The van der Waals surface area contributed by atoms with Gasteiger partial charge in [-0.2, -0.15) is 5.26 Å². The van der Waals surface area contributed by atoms with Gasteiger partial charge in [0.1, 0.15) is 0 Å². The Hall–Kier alpha value is -2.80. The molecule has 0 unspecified atom stereocenters. The number of nitrogens with zero attached hydrogens (tertiary/aromatic N) is 1. The number of hydrogen-bond donors (Lipinski definition) is 2. The largest absolute Gasteiger partial charge is 0.366 e. The molecule has 2 aromatic carbocycles. The normalized spacial score (nSPS) is 9.50. The second-order valence-electron chi connectivity index (χ2n) is 3.72. The average Bonchev–Trinajstić information content (AvgIpc) is 2.40. The maximum Gasteiger partial charge on any atom is 0.250 e. The Balaban J connectivity index is 2.28. The zero-order valence-electron chi connectivity index (χ0n) is 9.55. The van der Waals surface area contributed by atoms with E-state index in [-0.39, 0.29) is 0 Å². The van der Waals surface area contributed by atoms with Crippen LogP contribution in [0.5, 0.6) is 0 Å². The quantitative estimate of drug-likeness (QED) is 0.860. The van der Waals surface area contributed by atoms with Crippen LogP contribution in [0.2, 0.25) is 0 Å². The summed E-state index contributed by atoms with van der Waals surface area (Å²) in [6, 6.07) is 16.0. The van der Waals surface area contributed by atoms with Gasteiger partial charge in [0, 0.05) is 5.69 Å². The molecular formula is C14H11N3O. The Kier molecular flexibility index (Phi) is 3.26. The van der Waals surface area contributed by atoms with Crippen molar-refractivity contribution in [3.05, 3.63) is 59.7 Å². The molecule has 0 aliphatic heterocycles. The summed E-state index contributed by atoms with van der Waals surface area (Å²) in [5.41, 5.74) is 7.75. The molecule has 4 heteroatoms. The van der Waals surface area contributed by atoms with Crippen LogP contribution < -0.4 is 11.1 Å². The van der Waals surface area contributed by atoms with Crippen LogP contribution in [0, 0.1) is 11.3 Å². The van der Waals surface area contributed by atoms with Crippen LogP contribution in [-0.4, -0.2) is 5.91 Å². The Morgan fingerprint density at radius 2 is 1.78 bits per heavy atom. The number of nitrogens with one attached hydrogen (secondary N) is 1. The molecule has 3 N–H and O–H groups in total. The minimum absolute atomic E-state index is 0.432. The number of rotatable bonds is 3. The summed E-state index contributed by atoms with van der Waals surface area (Å²) in [5.74, 6) is -0.480. The highest BCUT2D eigenvalue weighted by atomic mass is 16.1. The number of primary amides is 1. The molecule has 0 radical (unpaired) electrons. The van der Waals surface area contributed by atoms with E-state index in [2.05, 4.69) is 5.32 Å². The standard InChI is InChI=1S/C14H11N3O/c15-9-10-5-7-11(8-6-10)17-13-4-2-1-3-12(13)14(16)18/h1-8,17H,(H2,16,18). The molecule has 0 spiro atoms. The first-order valence-electron chi connectivity index (χ1n) is 5.37. The lowest BCUT2D eigenvalue weighted by molar-refractivity contribution is 0.100. The number of nitrogens with two attached hydrogens (primary N) is 1. The number of para-hydroxylation sites is 1. The van der Waals surface area contributed by atoms with E-state index in [1.807, 2.05) is 12.1 Å². The molecule has 18 heavy (non-hydrogen) atoms. The highest BCUT2D eigenvalue weighted by Crippen LogP contribution is 2.20. The summed E-state index contributed by atoms with van der Waals surface area (Å²) < 4.78 is 0. The molecular weight excluding hydrogens is 226 g/mol. The van der Waals surface area contributed by atoms with Crippen molar-refractivity contribution in [1.82, 2.24) is 0 Å². The number of hydrogen-bond acceptors (Lipinski definition) is 3. The highest BCUT2D eigenvalue weighted by molar-refractivity contribution is 5.99. The molecule has 0 bridgehead atoms. The third-order valence-electron chi connectivity index (χ3n) is 2.49. The smallest absolute Gasteiger partial charge is 0.250 e. The summed E-state index contributed by atoms with van der Waals surface area (Å²) >= 11 is 0. The number of carbonyl (C=O) groups excluding carboxylic acids is 1. The molecule has 0 aromatic heterocycles. The molecule has 0 saturated carbocycles. The molecule has 4 nitrogen and oxygen atoms in total. The third kappa shape index (κ3) is 2.47. The van der Waals surface area contributed by atoms with Gasteiger partial charge in [-0.05, 0) is 36.4 Å². The van der Waals surface area contributed by atoms with Gasteiger partial charge in [0.2, 0.25) is 0 Å². The zero-order valence-corrected chi connectivity index (χ0v) is 9.55. The Labute approximate surface area is 105 Å². The van der Waals surface area contributed by atoms with E-state index in [0.29, 0.717) is 16.8 Å². The van der Waals surface area contributed by atoms with Gasteiger partial charge in [-0.15, -0.1) is 0 Å². The number of anilines is 2. The predicted octanol–water partition coefficient (Wildman–Crippen LogP) is 2.40. The third-order valence-corrected chi connectivity index (χ3v) is 2.49. The SMILES string of the molecule is N#Cc1ccc(Nc2ccccc2C(N)=O)cc1. The molecule has 0 aliphatic rings. The Bertz CT molecular complexity index is 612. The summed E-state index contributed by atoms with van der Waals surface area (Å²) in [6.07, 6.45) is 0. The van der Waals surface area contributed by atoms with Gasteiger partial charge in [-0.25, -0.2) is 0 Å². The topological polar surface area (TPSA) is 78.9 Å². The minimum Gasteiger partial charge on any atom is -0.366 e. The number of benzene rings is 2. The van der Waals surface area contributed by atoms with Crippen LogP contribution in [0.15, 0.2) is 48.5 Å². The first kappa shape index (κ1) is 11.7. The van der Waals surface area contributed by atoms with Crippen molar-refractivity contribution in [3.8, 4) is 6.07 Å². The van der Waals surface area contributed by atoms with Gasteiger partial charge < -0.3 is 11.1 Å². The van der Waals surface area contributed by atoms with Crippen molar-refractivity contribution in [3.63, 3.8) is 0 Å². The van der Waals surface area contributed by atoms with Crippen molar-refractivity contribution in [2.75, 3.05) is 5.32 Å². The van der Waals surface area contributed by atoms with Crippen molar-refractivity contribution in [2.45, 2.75) is 0 Å². The lowest BCUT2D eigenvalue weighted by Gasteiger charge is -2.09. The van der Waals surface area contributed by atoms with Crippen LogP contribution in [0.25, 0.3) is 0 Å². The monoisotopic (exact) mass is 237 g/mol. The molecule has 0 fully saturated rings. The van der Waals surface area contributed by atoms with Gasteiger partial charge in [0.25, 0.3) is 5.91 Å². The number of carbonyl (C=O) groups is 1. The van der Waals surface area contributed by atoms with Crippen molar-refractivity contribution < 1.29 is 4.79 Å². The molecule has 2 rings (SSSR count). The predicted molar refractivity (Wildman–Crippen MR) is 69.4 cm³/mol. The van der Waals surface area contributed by atoms with Crippen LogP contribution in [0.4, 0.5) is 11.4 Å². The Morgan fingerprint density at radius 1 is 1.11 bits per heavy atom. The summed E-state index contributed by atoms with van der Waals surface area (Å²) in [4.78, 5) is 11.3. The van der Waals surface area contributed by atoms with Crippen LogP contribution >= 0.6 is 0 Å². The van der Waals surface area contributed by atoms with Crippen LogP contribution in [0.1, 0.15) is 15.9 Å². The van der Waals surface area contributed by atoms with Gasteiger partial charge in [-0.1, -0.05) is 12.1 Å². The van der Waals surface area contributed by atoms with Crippen LogP contribution in [-0.2, 0) is 0 Å². The second kappa shape index (κ2) is 5.02. The zero-order chi connectivity index (χ0) is 13.0. The van der Waals surface area contributed by atoms with E-state index >= 15 is 0 Å². The van der Waals surface area contributed by atoms with Gasteiger partial charge >= 0.3 is 0 Å². The van der Waals surface area contributed by atoms with E-state index < -0.39 is 5.91 Å². The van der Waals surface area contributed by atoms with Crippen molar-refractivity contribution in [1.29, 1.82) is 5.26 Å². The molecule has 2 aromatic rings. The van der Waals surface area contributed by atoms with Gasteiger partial charge in [0.15, 0.2) is 0 Å². The Morgan fingerprint density at radius 3 is 2.39 bits per heavy atom. The summed E-state index contributed by atoms with van der Waals surface area (Å²) in [7, 11) is 0. The van der Waals surface area contributed by atoms with Crippen molar-refractivity contribution >= 4 is 17.3 Å².